The van der Waals surface area contributed by atoms with Gasteiger partial charge in [0.1, 0.15) is 0 Å². The van der Waals surface area contributed by atoms with Gasteiger partial charge in [-0.25, -0.2) is 4.63 Å². The van der Waals surface area contributed by atoms with E-state index in [9.17, 15) is 10.1 Å². The molecule has 0 aliphatic rings. The Balaban J connectivity index is 2.49. The summed E-state index contributed by atoms with van der Waals surface area (Å²) in [5.41, 5.74) is 0.344. The lowest BCUT2D eigenvalue weighted by molar-refractivity contribution is -0.383. The molecule has 1 heterocycles. The zero-order valence-corrected chi connectivity index (χ0v) is 9.68. The molecule has 1 N–H and O–H groups in total. The fraction of sp³-hybridized carbons (Fsp3) is 0.333. The number of rotatable bonds is 4. The number of aliphatic hydroxyl groups excluding tert-OH is 1. The van der Waals surface area contributed by atoms with E-state index in [-0.39, 0.29) is 23.1 Å². The highest BCUT2D eigenvalue weighted by Crippen LogP contribution is 2.33. The number of aromatic nitrogens is 2. The number of nitro benzene ring substituents is 1. The molecule has 0 fully saturated rings. The van der Waals surface area contributed by atoms with Crippen LogP contribution in [0.25, 0.3) is 11.0 Å². The van der Waals surface area contributed by atoms with Crippen molar-refractivity contribution in [3.8, 4) is 0 Å². The molecule has 0 spiro atoms. The van der Waals surface area contributed by atoms with Crippen LogP contribution in [0.5, 0.6) is 0 Å². The average molecular weight is 255 g/mol. The number of aliphatic hydroxyl groups is 1. The first-order valence-electron chi connectivity index (χ1n) is 4.80. The molecule has 1 aromatic heterocycles. The van der Waals surface area contributed by atoms with Gasteiger partial charge in [0.2, 0.25) is 5.52 Å². The molecule has 1 unspecified atom stereocenters. The van der Waals surface area contributed by atoms with Crippen molar-refractivity contribution in [2.45, 2.75) is 17.1 Å². The van der Waals surface area contributed by atoms with Gasteiger partial charge in [-0.15, -0.1) is 11.8 Å². The van der Waals surface area contributed by atoms with Gasteiger partial charge < -0.3 is 5.11 Å². The Morgan fingerprint density at radius 2 is 2.24 bits per heavy atom. The molecule has 0 saturated carbocycles. The second-order valence-electron chi connectivity index (χ2n) is 3.41. The van der Waals surface area contributed by atoms with Crippen LogP contribution in [-0.2, 0) is 0 Å². The van der Waals surface area contributed by atoms with Crippen molar-refractivity contribution in [1.29, 1.82) is 0 Å². The Bertz CT molecular complexity index is 556. The van der Waals surface area contributed by atoms with Crippen molar-refractivity contribution in [1.82, 2.24) is 10.3 Å². The number of nitrogens with zero attached hydrogens (tertiary/aromatic N) is 3. The van der Waals surface area contributed by atoms with Crippen LogP contribution in [0.15, 0.2) is 21.7 Å². The van der Waals surface area contributed by atoms with E-state index in [4.69, 9.17) is 5.11 Å². The smallest absolute Gasteiger partial charge is 0.300 e. The molecular weight excluding hydrogens is 246 g/mol. The Kier molecular flexibility index (Phi) is 3.25. The van der Waals surface area contributed by atoms with Crippen LogP contribution in [0, 0.1) is 10.1 Å². The fourth-order valence-corrected chi connectivity index (χ4v) is 2.23. The monoisotopic (exact) mass is 255 g/mol. The normalized spacial score (nSPS) is 12.8. The maximum atomic E-state index is 10.8. The molecule has 2 rings (SSSR count). The second kappa shape index (κ2) is 4.68. The van der Waals surface area contributed by atoms with Crippen molar-refractivity contribution >= 4 is 28.5 Å². The van der Waals surface area contributed by atoms with Gasteiger partial charge in [0.15, 0.2) is 5.52 Å². The van der Waals surface area contributed by atoms with Gasteiger partial charge in [0, 0.05) is 16.2 Å². The lowest BCUT2D eigenvalue weighted by Gasteiger charge is -2.06. The van der Waals surface area contributed by atoms with Crippen molar-refractivity contribution < 1.29 is 14.7 Å². The lowest BCUT2D eigenvalue weighted by atomic mass is 10.3. The van der Waals surface area contributed by atoms with Crippen LogP contribution in [-0.4, -0.2) is 32.2 Å². The molecule has 0 aliphatic heterocycles. The predicted octanol–water partition coefficient (Wildman–Crippen LogP) is 1.60. The first-order chi connectivity index (χ1) is 8.13. The first kappa shape index (κ1) is 11.8. The first-order valence-corrected chi connectivity index (χ1v) is 5.68. The van der Waals surface area contributed by atoms with E-state index in [0.717, 1.165) is 0 Å². The minimum absolute atomic E-state index is 0.00836. The van der Waals surface area contributed by atoms with Crippen LogP contribution < -0.4 is 0 Å². The second-order valence-corrected chi connectivity index (χ2v) is 4.89. The van der Waals surface area contributed by atoms with E-state index in [0.29, 0.717) is 10.4 Å². The summed E-state index contributed by atoms with van der Waals surface area (Å²) in [6, 6.07) is 2.94. The van der Waals surface area contributed by atoms with Crippen LogP contribution in [0.1, 0.15) is 6.92 Å². The predicted molar refractivity (Wildman–Crippen MR) is 60.9 cm³/mol. The summed E-state index contributed by atoms with van der Waals surface area (Å²) in [7, 11) is 0. The Labute approximate surface area is 99.9 Å². The summed E-state index contributed by atoms with van der Waals surface area (Å²) in [5.74, 6) is 0. The molecule has 8 heteroatoms. The van der Waals surface area contributed by atoms with Crippen molar-refractivity contribution in [2.75, 3.05) is 6.61 Å². The quantitative estimate of drug-likeness (QED) is 0.502. The van der Waals surface area contributed by atoms with Gasteiger partial charge in [0.25, 0.3) is 0 Å². The summed E-state index contributed by atoms with van der Waals surface area (Å²) in [5, 5.41) is 26.9. The molecule has 7 nitrogen and oxygen atoms in total. The zero-order valence-electron chi connectivity index (χ0n) is 8.86. The number of thioether (sulfide) groups is 1. The third-order valence-electron chi connectivity index (χ3n) is 2.14. The lowest BCUT2D eigenvalue weighted by Crippen LogP contribution is -2.01. The number of nitro groups is 1. The number of hydrogen-bond acceptors (Lipinski definition) is 7. The van der Waals surface area contributed by atoms with E-state index < -0.39 is 4.92 Å². The maximum Gasteiger partial charge on any atom is 0.300 e. The van der Waals surface area contributed by atoms with Crippen molar-refractivity contribution in [3.63, 3.8) is 0 Å². The van der Waals surface area contributed by atoms with E-state index in [1.54, 1.807) is 6.07 Å². The largest absolute Gasteiger partial charge is 0.395 e. The van der Waals surface area contributed by atoms with Gasteiger partial charge in [0.05, 0.1) is 11.5 Å². The SMILES string of the molecule is CC(CO)Sc1ccc([N+](=O)[O-])c2nonc12. The summed E-state index contributed by atoms with van der Waals surface area (Å²) in [4.78, 5) is 10.9. The third-order valence-corrected chi connectivity index (χ3v) is 3.27. The van der Waals surface area contributed by atoms with Crippen LogP contribution in [0.3, 0.4) is 0 Å². The number of fused-ring (bicyclic) bond motifs is 1. The topological polar surface area (TPSA) is 102 Å². The highest BCUT2D eigenvalue weighted by molar-refractivity contribution is 8.00. The zero-order chi connectivity index (χ0) is 12.4. The molecule has 0 amide bonds. The van der Waals surface area contributed by atoms with E-state index in [1.807, 2.05) is 6.92 Å². The summed E-state index contributed by atoms with van der Waals surface area (Å²) in [6.45, 7) is 1.85. The Morgan fingerprint density at radius 1 is 1.53 bits per heavy atom. The van der Waals surface area contributed by atoms with Gasteiger partial charge in [-0.3, -0.25) is 10.1 Å². The summed E-state index contributed by atoms with van der Waals surface area (Å²) < 4.78 is 4.53. The molecule has 1 atom stereocenters. The molecule has 2 aromatic rings. The van der Waals surface area contributed by atoms with E-state index >= 15 is 0 Å². The molecule has 0 aliphatic carbocycles. The summed E-state index contributed by atoms with van der Waals surface area (Å²) in [6.07, 6.45) is 0. The Hall–Kier alpha value is -1.67. The van der Waals surface area contributed by atoms with Gasteiger partial charge in [-0.2, -0.15) is 0 Å². The van der Waals surface area contributed by atoms with Crippen molar-refractivity contribution in [2.24, 2.45) is 0 Å². The molecule has 0 saturated heterocycles. The molecule has 90 valence electrons. The van der Waals surface area contributed by atoms with Gasteiger partial charge >= 0.3 is 5.69 Å². The summed E-state index contributed by atoms with van der Waals surface area (Å²) >= 11 is 1.36. The average Bonchev–Trinajstić information content (AvgIpc) is 2.77. The van der Waals surface area contributed by atoms with E-state index in [1.165, 1.54) is 17.8 Å². The highest BCUT2D eigenvalue weighted by Gasteiger charge is 2.20. The number of hydrogen-bond donors (Lipinski definition) is 1. The van der Waals surface area contributed by atoms with Crippen molar-refractivity contribution in [3.05, 3.63) is 22.2 Å². The van der Waals surface area contributed by atoms with Crippen LogP contribution in [0.2, 0.25) is 0 Å². The minimum Gasteiger partial charge on any atom is -0.395 e. The molecule has 17 heavy (non-hydrogen) atoms. The molecule has 0 bridgehead atoms. The molecule has 0 radical (unpaired) electrons. The maximum absolute atomic E-state index is 10.8. The standard InChI is InChI=1S/C9H9N3O4S/c1-5(4-13)17-7-3-2-6(12(14)15)8-9(7)11-16-10-8/h2-3,5,13H,4H2,1H3. The van der Waals surface area contributed by atoms with Crippen LogP contribution >= 0.6 is 11.8 Å². The Morgan fingerprint density at radius 3 is 2.88 bits per heavy atom. The van der Waals surface area contributed by atoms with Crippen LogP contribution in [0.4, 0.5) is 5.69 Å². The highest BCUT2D eigenvalue weighted by atomic mass is 32.2. The fourth-order valence-electron chi connectivity index (χ4n) is 1.33. The third kappa shape index (κ3) is 2.22. The van der Waals surface area contributed by atoms with E-state index in [2.05, 4.69) is 14.9 Å². The van der Waals surface area contributed by atoms with Gasteiger partial charge in [-0.1, -0.05) is 6.92 Å². The number of non-ortho nitro benzene ring substituents is 1. The molecule has 1 aromatic carbocycles. The molecular formula is C9H9N3O4S. The number of benzene rings is 1. The minimum atomic E-state index is -0.531. The van der Waals surface area contributed by atoms with Gasteiger partial charge in [-0.05, 0) is 16.4 Å².